The van der Waals surface area contributed by atoms with E-state index in [9.17, 15) is 5.11 Å². The van der Waals surface area contributed by atoms with Crippen molar-refractivity contribution in [1.29, 1.82) is 0 Å². The van der Waals surface area contributed by atoms with Gasteiger partial charge in [0.2, 0.25) is 0 Å². The molecule has 0 aliphatic heterocycles. The number of allylic oxidation sites excluding steroid dienone is 1. The molecule has 12 heavy (non-hydrogen) atoms. The van der Waals surface area contributed by atoms with Crippen LogP contribution in [0.25, 0.3) is 0 Å². The largest absolute Gasteiger partial charge is 0.390 e. The summed E-state index contributed by atoms with van der Waals surface area (Å²) in [6.07, 6.45) is 3.81. The first-order valence-corrected chi connectivity index (χ1v) is 4.45. The lowest BCUT2D eigenvalue weighted by molar-refractivity contribution is 0.0667. The van der Waals surface area contributed by atoms with Crippen molar-refractivity contribution in [3.63, 3.8) is 0 Å². The van der Waals surface area contributed by atoms with E-state index in [-0.39, 0.29) is 0 Å². The summed E-state index contributed by atoms with van der Waals surface area (Å²) in [5, 5.41) is 9.20. The molecule has 70 valence electrons. The number of aliphatic hydroxyl groups is 1. The van der Waals surface area contributed by atoms with Gasteiger partial charge in [-0.25, -0.2) is 0 Å². The van der Waals surface area contributed by atoms with Crippen molar-refractivity contribution in [1.82, 2.24) is 0 Å². The van der Waals surface area contributed by atoms with E-state index in [2.05, 4.69) is 20.9 Å². The molecule has 0 amide bonds. The number of methoxy groups -OCH3 is 1. The number of hydrogen-bond acceptors (Lipinski definition) is 3. The van der Waals surface area contributed by atoms with Crippen LogP contribution in [0.4, 0.5) is 0 Å². The van der Waals surface area contributed by atoms with Gasteiger partial charge in [-0.2, -0.15) is 0 Å². The first-order valence-electron chi connectivity index (χ1n) is 3.66. The Balaban J connectivity index is 3.59. The predicted molar refractivity (Wildman–Crippen MR) is 53.9 cm³/mol. The maximum Gasteiger partial charge on any atom is 0.0994 e. The Labute approximate surface area is 81.3 Å². The van der Waals surface area contributed by atoms with Crippen LogP contribution in [0.3, 0.4) is 0 Å². The van der Waals surface area contributed by atoms with Crippen LogP contribution in [0, 0.1) is 0 Å². The monoisotopic (exact) mass is 235 g/mol. The van der Waals surface area contributed by atoms with Crippen LogP contribution in [0.1, 0.15) is 6.42 Å². The molecule has 0 aromatic heterocycles. The fourth-order valence-electron chi connectivity index (χ4n) is 0.657. The first-order chi connectivity index (χ1) is 5.70. The van der Waals surface area contributed by atoms with Crippen LogP contribution >= 0.6 is 15.9 Å². The lowest BCUT2D eigenvalue weighted by Crippen LogP contribution is -2.12. The fourth-order valence-corrected chi connectivity index (χ4v) is 0.844. The summed E-state index contributed by atoms with van der Waals surface area (Å²) in [4.78, 5) is 3.86. The average molecular weight is 236 g/mol. The number of aliphatic imine (C=N–C) groups is 1. The van der Waals surface area contributed by atoms with Gasteiger partial charge in [-0.05, 0) is 28.4 Å². The Hall–Kier alpha value is -0.190. The van der Waals surface area contributed by atoms with E-state index in [1.54, 1.807) is 20.2 Å². The minimum Gasteiger partial charge on any atom is -0.390 e. The fraction of sp³-hybridized carbons (Fsp3) is 0.625. The zero-order valence-electron chi connectivity index (χ0n) is 7.33. The van der Waals surface area contributed by atoms with Crippen molar-refractivity contribution in [2.24, 2.45) is 4.99 Å². The van der Waals surface area contributed by atoms with Gasteiger partial charge in [-0.1, -0.05) is 6.08 Å². The molecule has 0 aromatic rings. The second-order valence-corrected chi connectivity index (χ2v) is 3.11. The highest BCUT2D eigenvalue weighted by Gasteiger charge is 1.98. The summed E-state index contributed by atoms with van der Waals surface area (Å²) in [6, 6.07) is 0. The van der Waals surface area contributed by atoms with E-state index in [0.29, 0.717) is 13.0 Å². The van der Waals surface area contributed by atoms with Crippen LogP contribution in [-0.4, -0.2) is 36.6 Å². The number of aliphatic hydroxyl groups excluding tert-OH is 1. The normalized spacial score (nSPS) is 15.5. The van der Waals surface area contributed by atoms with Gasteiger partial charge in [0.25, 0.3) is 0 Å². The zero-order valence-corrected chi connectivity index (χ0v) is 8.91. The second kappa shape index (κ2) is 7.46. The number of hydrogen-bond donors (Lipinski definition) is 1. The molecule has 0 radical (unpaired) electrons. The van der Waals surface area contributed by atoms with Gasteiger partial charge in [-0.3, -0.25) is 4.99 Å². The number of rotatable bonds is 5. The molecule has 0 aliphatic carbocycles. The SMILES string of the molecule is CN=C(Br)C=CCC(O)COC. The zero-order chi connectivity index (χ0) is 9.40. The molecule has 1 atom stereocenters. The van der Waals surface area contributed by atoms with E-state index in [1.807, 2.05) is 6.08 Å². The molecule has 0 aromatic carbocycles. The summed E-state index contributed by atoms with van der Waals surface area (Å²) >= 11 is 3.22. The molecule has 0 rings (SSSR count). The molecule has 1 unspecified atom stereocenters. The van der Waals surface area contributed by atoms with Crippen molar-refractivity contribution >= 4 is 20.6 Å². The third kappa shape index (κ3) is 6.52. The van der Waals surface area contributed by atoms with Crippen LogP contribution < -0.4 is 0 Å². The molecule has 0 aliphatic rings. The van der Waals surface area contributed by atoms with Crippen molar-refractivity contribution in [3.8, 4) is 0 Å². The third-order valence-corrected chi connectivity index (χ3v) is 1.86. The summed E-state index contributed by atoms with van der Waals surface area (Å²) in [6.45, 7) is 0.366. The molecule has 0 heterocycles. The highest BCUT2D eigenvalue weighted by atomic mass is 79.9. The van der Waals surface area contributed by atoms with Gasteiger partial charge >= 0.3 is 0 Å². The van der Waals surface area contributed by atoms with Gasteiger partial charge < -0.3 is 9.84 Å². The molecule has 1 N–H and O–H groups in total. The van der Waals surface area contributed by atoms with Gasteiger partial charge in [0.1, 0.15) is 0 Å². The van der Waals surface area contributed by atoms with Crippen LogP contribution in [0.15, 0.2) is 17.1 Å². The molecule has 0 saturated carbocycles. The quantitative estimate of drug-likeness (QED) is 0.732. The molecular weight excluding hydrogens is 222 g/mol. The smallest absolute Gasteiger partial charge is 0.0994 e. The highest BCUT2D eigenvalue weighted by Crippen LogP contribution is 1.97. The van der Waals surface area contributed by atoms with E-state index >= 15 is 0 Å². The minimum absolute atomic E-state index is 0.366. The van der Waals surface area contributed by atoms with Crippen molar-refractivity contribution in [3.05, 3.63) is 12.2 Å². The Morgan fingerprint density at radius 2 is 2.42 bits per heavy atom. The van der Waals surface area contributed by atoms with E-state index in [0.717, 1.165) is 4.62 Å². The van der Waals surface area contributed by atoms with E-state index in [4.69, 9.17) is 4.74 Å². The van der Waals surface area contributed by atoms with Crippen molar-refractivity contribution < 1.29 is 9.84 Å². The Morgan fingerprint density at radius 3 is 2.92 bits per heavy atom. The molecule has 4 heteroatoms. The van der Waals surface area contributed by atoms with E-state index in [1.165, 1.54) is 0 Å². The van der Waals surface area contributed by atoms with Crippen LogP contribution in [-0.2, 0) is 4.74 Å². The predicted octanol–water partition coefficient (Wildman–Crippen LogP) is 1.36. The van der Waals surface area contributed by atoms with Crippen molar-refractivity contribution in [2.45, 2.75) is 12.5 Å². The maximum absolute atomic E-state index is 9.20. The van der Waals surface area contributed by atoms with Crippen LogP contribution in [0.2, 0.25) is 0 Å². The minimum atomic E-state index is -0.427. The number of halogens is 1. The van der Waals surface area contributed by atoms with Gasteiger partial charge in [0.15, 0.2) is 0 Å². The number of ether oxygens (including phenoxy) is 1. The molecule has 0 fully saturated rings. The topological polar surface area (TPSA) is 41.8 Å². The van der Waals surface area contributed by atoms with Crippen molar-refractivity contribution in [2.75, 3.05) is 20.8 Å². The molecule has 3 nitrogen and oxygen atoms in total. The standard InChI is InChI=1S/C8H14BrNO2/c1-10-8(9)5-3-4-7(11)6-12-2/h3,5,7,11H,4,6H2,1-2H3. The lowest BCUT2D eigenvalue weighted by Gasteiger charge is -2.04. The molecule has 0 saturated heterocycles. The van der Waals surface area contributed by atoms with Gasteiger partial charge in [0, 0.05) is 14.2 Å². The summed E-state index contributed by atoms with van der Waals surface area (Å²) < 4.78 is 5.53. The Kier molecular flexibility index (Phi) is 7.34. The average Bonchev–Trinajstić information content (AvgIpc) is 2.04. The van der Waals surface area contributed by atoms with Crippen LogP contribution in [0.5, 0.6) is 0 Å². The lowest BCUT2D eigenvalue weighted by atomic mass is 10.2. The third-order valence-electron chi connectivity index (χ3n) is 1.24. The second-order valence-electron chi connectivity index (χ2n) is 2.29. The van der Waals surface area contributed by atoms with Gasteiger partial charge in [-0.15, -0.1) is 0 Å². The first kappa shape index (κ1) is 11.8. The summed E-state index contributed by atoms with van der Waals surface area (Å²) in [5.74, 6) is 0. The highest BCUT2D eigenvalue weighted by molar-refractivity contribution is 9.18. The molecule has 0 spiro atoms. The van der Waals surface area contributed by atoms with Gasteiger partial charge in [0.05, 0.1) is 17.3 Å². The Bertz CT molecular complexity index is 168. The summed E-state index contributed by atoms with van der Waals surface area (Å²) in [7, 11) is 3.26. The Morgan fingerprint density at radius 1 is 1.75 bits per heavy atom. The van der Waals surface area contributed by atoms with E-state index < -0.39 is 6.10 Å². The maximum atomic E-state index is 9.20. The molecule has 0 bridgehead atoms. The molecular formula is C8H14BrNO2. The summed E-state index contributed by atoms with van der Waals surface area (Å²) in [5.41, 5.74) is 0. The number of nitrogens with zero attached hydrogens (tertiary/aromatic N) is 1.